The summed E-state index contributed by atoms with van der Waals surface area (Å²) in [6.07, 6.45) is 1.79. The number of anilines is 2. The van der Waals surface area contributed by atoms with Gasteiger partial charge in [-0.25, -0.2) is 19.7 Å². The Kier molecular flexibility index (Phi) is 8.31. The van der Waals surface area contributed by atoms with Crippen LogP contribution in [0.15, 0.2) is 85.3 Å². The Balaban J connectivity index is 1.26. The maximum absolute atomic E-state index is 13.1. The third kappa shape index (κ3) is 6.34. The van der Waals surface area contributed by atoms with Gasteiger partial charge in [0.25, 0.3) is 5.91 Å². The van der Waals surface area contributed by atoms with Crippen LogP contribution in [0.25, 0.3) is 16.8 Å². The lowest BCUT2D eigenvalue weighted by molar-refractivity contribution is -0.137. The molecule has 1 aliphatic rings. The Morgan fingerprint density at radius 2 is 1.78 bits per heavy atom. The molecule has 5 aromatic rings. The van der Waals surface area contributed by atoms with Gasteiger partial charge < -0.3 is 21.1 Å². The van der Waals surface area contributed by atoms with Crippen molar-refractivity contribution in [3.8, 4) is 11.3 Å². The average molecular weight is 630 g/mol. The molecule has 0 bridgehead atoms. The van der Waals surface area contributed by atoms with Crippen LogP contribution in [-0.2, 0) is 12.7 Å². The van der Waals surface area contributed by atoms with Gasteiger partial charge in [-0.3, -0.25) is 9.20 Å². The molecule has 0 unspecified atom stereocenters. The molecule has 0 aliphatic heterocycles. The molecule has 2 aromatic carbocycles. The summed E-state index contributed by atoms with van der Waals surface area (Å²) in [6, 6.07) is 17.4. The van der Waals surface area contributed by atoms with Crippen LogP contribution in [0.3, 0.4) is 0 Å². The van der Waals surface area contributed by atoms with Crippen LogP contribution in [0.1, 0.15) is 58.9 Å². The van der Waals surface area contributed by atoms with Crippen LogP contribution in [-0.4, -0.2) is 47.4 Å². The third-order valence-corrected chi connectivity index (χ3v) is 8.25. The van der Waals surface area contributed by atoms with E-state index in [0.717, 1.165) is 49.0 Å². The van der Waals surface area contributed by atoms with Gasteiger partial charge in [-0.15, -0.1) is 0 Å². The van der Waals surface area contributed by atoms with E-state index in [9.17, 15) is 27.9 Å². The number of imidazole rings is 1. The van der Waals surface area contributed by atoms with E-state index >= 15 is 0 Å². The lowest BCUT2D eigenvalue weighted by Crippen LogP contribution is -2.41. The van der Waals surface area contributed by atoms with Crippen molar-refractivity contribution < 1.29 is 27.9 Å². The molecule has 2 atom stereocenters. The van der Waals surface area contributed by atoms with Gasteiger partial charge in [0.05, 0.1) is 5.56 Å². The number of aromatic nitrogens is 4. The van der Waals surface area contributed by atoms with Crippen molar-refractivity contribution in [2.24, 2.45) is 0 Å². The van der Waals surface area contributed by atoms with Crippen molar-refractivity contribution in [1.82, 2.24) is 24.3 Å². The molecule has 236 valence electrons. The highest BCUT2D eigenvalue weighted by Gasteiger charge is 2.33. The number of hydrogen-bond donors (Lipinski definition) is 3. The van der Waals surface area contributed by atoms with Gasteiger partial charge >= 0.3 is 12.3 Å². The maximum atomic E-state index is 13.1. The number of benzene rings is 2. The highest BCUT2D eigenvalue weighted by molar-refractivity contribution is 6.04. The predicted molar refractivity (Wildman–Crippen MR) is 165 cm³/mol. The molecule has 46 heavy (non-hydrogen) atoms. The van der Waals surface area contributed by atoms with Crippen LogP contribution < -0.4 is 11.1 Å². The van der Waals surface area contributed by atoms with Crippen LogP contribution in [0, 0.1) is 0 Å². The second kappa shape index (κ2) is 12.5. The summed E-state index contributed by atoms with van der Waals surface area (Å²) in [5, 5.41) is 12.5. The van der Waals surface area contributed by atoms with Crippen LogP contribution in [0.4, 0.5) is 29.6 Å². The number of nitrogen functional groups attached to an aromatic ring is 1. The number of pyridine rings is 1. The van der Waals surface area contributed by atoms with Gasteiger partial charge in [0.15, 0.2) is 0 Å². The van der Waals surface area contributed by atoms with Crippen LogP contribution in [0.2, 0.25) is 0 Å². The van der Waals surface area contributed by atoms with E-state index in [1.54, 1.807) is 36.7 Å². The van der Waals surface area contributed by atoms with E-state index in [1.165, 1.54) is 4.90 Å². The standard InChI is InChI=1S/C33H30F3N7O3/c34-33(35,36)24-13-14-38-26(18-24)40-31(44)22-11-9-21(10-12-22)27-28-29(37)39-15-16-42(28)30(41-27)23-7-4-8-25(17-23)43(32(45)46)19-20-5-2-1-3-6-20/h1-3,5-6,9-16,18,23,25H,4,7-8,17,19H2,(H2,37,39)(H,45,46)(H,38,40,44)/t23-,25+/m0/s1. The monoisotopic (exact) mass is 629 g/mol. The number of fused-ring (bicyclic) bond motifs is 1. The number of halogens is 3. The van der Waals surface area contributed by atoms with E-state index in [0.29, 0.717) is 29.7 Å². The molecule has 4 N–H and O–H groups in total. The minimum absolute atomic E-state index is 0.0514. The molecule has 0 spiro atoms. The van der Waals surface area contributed by atoms with Gasteiger partial charge in [-0.2, -0.15) is 13.2 Å². The number of carbonyl (C=O) groups is 2. The Morgan fingerprint density at radius 3 is 2.50 bits per heavy atom. The van der Waals surface area contributed by atoms with Crippen molar-refractivity contribution in [3.63, 3.8) is 0 Å². The largest absolute Gasteiger partial charge is 0.465 e. The summed E-state index contributed by atoms with van der Waals surface area (Å²) in [4.78, 5) is 39.7. The SMILES string of the molecule is Nc1nccn2c([C@H]3CCC[C@@H](N(Cc4ccccc4)C(=O)O)C3)nc(-c3ccc(C(=O)Nc4cc(C(F)(F)F)ccn4)cc3)c12. The average Bonchev–Trinajstić information content (AvgIpc) is 3.45. The molecule has 6 rings (SSSR count). The van der Waals surface area contributed by atoms with Crippen molar-refractivity contribution in [1.29, 1.82) is 0 Å². The first-order valence-corrected chi connectivity index (χ1v) is 14.7. The number of nitrogens with zero attached hydrogens (tertiary/aromatic N) is 5. The van der Waals surface area contributed by atoms with Gasteiger partial charge in [-0.1, -0.05) is 48.9 Å². The smallest absolute Gasteiger partial charge is 0.416 e. The number of carboxylic acid groups (broad SMARTS) is 1. The molecule has 0 saturated heterocycles. The molecule has 1 saturated carbocycles. The van der Waals surface area contributed by atoms with Crippen molar-refractivity contribution in [3.05, 3.63) is 108 Å². The molecular weight excluding hydrogens is 599 g/mol. The van der Waals surface area contributed by atoms with E-state index in [-0.39, 0.29) is 29.2 Å². The Labute approximate surface area is 261 Å². The lowest BCUT2D eigenvalue weighted by Gasteiger charge is -2.35. The molecule has 3 aromatic heterocycles. The highest BCUT2D eigenvalue weighted by atomic mass is 19.4. The normalized spacial score (nSPS) is 16.7. The number of rotatable bonds is 7. The maximum Gasteiger partial charge on any atom is 0.416 e. The fourth-order valence-electron chi connectivity index (χ4n) is 6.03. The topological polar surface area (TPSA) is 139 Å². The number of nitrogens with two attached hydrogens (primary N) is 1. The first-order valence-electron chi connectivity index (χ1n) is 14.7. The van der Waals surface area contributed by atoms with Crippen molar-refractivity contribution >= 4 is 29.2 Å². The summed E-state index contributed by atoms with van der Waals surface area (Å²) in [6.45, 7) is 0.293. The zero-order valence-corrected chi connectivity index (χ0v) is 24.5. The van der Waals surface area contributed by atoms with E-state index in [1.807, 2.05) is 34.7 Å². The summed E-state index contributed by atoms with van der Waals surface area (Å²) >= 11 is 0. The fraction of sp³-hybridized carbons (Fsp3) is 0.242. The summed E-state index contributed by atoms with van der Waals surface area (Å²) in [5.74, 6) is 0.109. The van der Waals surface area contributed by atoms with Crippen molar-refractivity contribution in [2.45, 2.75) is 50.4 Å². The van der Waals surface area contributed by atoms with Crippen molar-refractivity contribution in [2.75, 3.05) is 11.1 Å². The van der Waals surface area contributed by atoms with Gasteiger partial charge in [0.2, 0.25) is 0 Å². The van der Waals surface area contributed by atoms with Crippen LogP contribution >= 0.6 is 0 Å². The minimum atomic E-state index is -4.57. The zero-order chi connectivity index (χ0) is 32.4. The Morgan fingerprint density at radius 1 is 1.02 bits per heavy atom. The zero-order valence-electron chi connectivity index (χ0n) is 24.5. The van der Waals surface area contributed by atoms with Crippen LogP contribution in [0.5, 0.6) is 0 Å². The van der Waals surface area contributed by atoms with Gasteiger partial charge in [0.1, 0.15) is 28.7 Å². The summed E-state index contributed by atoms with van der Waals surface area (Å²) in [5.41, 5.74) is 8.34. The molecule has 3 heterocycles. The van der Waals surface area contributed by atoms with E-state index < -0.39 is 23.7 Å². The fourth-order valence-corrected chi connectivity index (χ4v) is 6.03. The number of carbonyl (C=O) groups excluding carboxylic acids is 1. The number of amides is 2. The highest BCUT2D eigenvalue weighted by Crippen LogP contribution is 2.39. The molecule has 1 fully saturated rings. The second-order valence-corrected chi connectivity index (χ2v) is 11.2. The van der Waals surface area contributed by atoms with E-state index in [2.05, 4.69) is 15.3 Å². The number of nitrogens with one attached hydrogen (secondary N) is 1. The molecule has 13 heteroatoms. The second-order valence-electron chi connectivity index (χ2n) is 11.2. The summed E-state index contributed by atoms with van der Waals surface area (Å²) in [7, 11) is 0. The van der Waals surface area contributed by atoms with Gasteiger partial charge in [0, 0.05) is 48.2 Å². The summed E-state index contributed by atoms with van der Waals surface area (Å²) < 4.78 is 41.1. The molecular formula is C33H30F3N7O3. The first kappa shape index (κ1) is 30.6. The Bertz CT molecular complexity index is 1880. The molecule has 10 nitrogen and oxygen atoms in total. The number of alkyl halides is 3. The molecule has 1 aliphatic carbocycles. The molecule has 0 radical (unpaired) electrons. The van der Waals surface area contributed by atoms with E-state index in [4.69, 9.17) is 10.7 Å². The lowest BCUT2D eigenvalue weighted by atomic mass is 9.84. The minimum Gasteiger partial charge on any atom is -0.465 e. The molecule has 2 amide bonds. The quantitative estimate of drug-likeness (QED) is 0.179. The Hall–Kier alpha value is -5.46. The van der Waals surface area contributed by atoms with Gasteiger partial charge in [-0.05, 0) is 49.1 Å². The predicted octanol–water partition coefficient (Wildman–Crippen LogP) is 6.85. The third-order valence-electron chi connectivity index (χ3n) is 8.25. The first-order chi connectivity index (χ1) is 22.1. The number of hydrogen-bond acceptors (Lipinski definition) is 6.